The summed E-state index contributed by atoms with van der Waals surface area (Å²) in [5.41, 5.74) is 4.11. The van der Waals surface area contributed by atoms with Gasteiger partial charge >= 0.3 is 6.03 Å². The number of hydrogen-bond acceptors (Lipinski definition) is 4. The number of aromatic nitrogens is 3. The number of carbonyl (C=O) groups is 1. The van der Waals surface area contributed by atoms with E-state index in [0.717, 1.165) is 53.3 Å². The molecule has 2 N–H and O–H groups in total. The van der Waals surface area contributed by atoms with Crippen LogP contribution < -0.4 is 15.4 Å². The summed E-state index contributed by atoms with van der Waals surface area (Å²) < 4.78 is 7.69. The van der Waals surface area contributed by atoms with Crippen LogP contribution in [0.4, 0.5) is 10.5 Å². The number of unbranched alkanes of at least 4 members (excludes halogenated alkanes) is 1. The molecular formula is C22H29N5O2. The predicted octanol–water partition coefficient (Wildman–Crippen LogP) is 4.28. The number of pyridine rings is 1. The molecule has 0 bridgehead atoms. The number of para-hydroxylation sites is 1. The fourth-order valence-corrected chi connectivity index (χ4v) is 3.33. The van der Waals surface area contributed by atoms with Crippen LogP contribution in [0, 0.1) is 6.92 Å². The fourth-order valence-electron chi connectivity index (χ4n) is 3.33. The van der Waals surface area contributed by atoms with Crippen molar-refractivity contribution in [2.24, 2.45) is 0 Å². The molecule has 2 amide bonds. The zero-order chi connectivity index (χ0) is 20.8. The van der Waals surface area contributed by atoms with Gasteiger partial charge in [-0.2, -0.15) is 0 Å². The van der Waals surface area contributed by atoms with Crippen molar-refractivity contribution in [3.63, 3.8) is 0 Å². The smallest absolute Gasteiger partial charge is 0.319 e. The maximum Gasteiger partial charge on any atom is 0.319 e. The lowest BCUT2D eigenvalue weighted by Crippen LogP contribution is -2.28. The highest BCUT2D eigenvalue weighted by Crippen LogP contribution is 2.26. The minimum atomic E-state index is -0.239. The molecule has 0 saturated carbocycles. The Kier molecular flexibility index (Phi) is 6.69. The van der Waals surface area contributed by atoms with Crippen LogP contribution in [-0.2, 0) is 13.0 Å². The van der Waals surface area contributed by atoms with E-state index in [2.05, 4.69) is 28.2 Å². The van der Waals surface area contributed by atoms with Crippen LogP contribution in [0.3, 0.4) is 0 Å². The third-order valence-corrected chi connectivity index (χ3v) is 4.85. The van der Waals surface area contributed by atoms with E-state index in [1.807, 2.05) is 38.1 Å². The van der Waals surface area contributed by atoms with Gasteiger partial charge in [-0.05, 0) is 32.4 Å². The van der Waals surface area contributed by atoms with E-state index in [-0.39, 0.29) is 6.03 Å². The SMILES string of the molecule is CCCCc1nc2cc(NC(=O)NCC)c(C)nc2n1Cc1ccccc1OC. The van der Waals surface area contributed by atoms with Crippen molar-refractivity contribution in [3.05, 3.63) is 47.4 Å². The summed E-state index contributed by atoms with van der Waals surface area (Å²) in [5, 5.41) is 5.60. The molecular weight excluding hydrogens is 366 g/mol. The average molecular weight is 396 g/mol. The summed E-state index contributed by atoms with van der Waals surface area (Å²) in [4.78, 5) is 21.6. The minimum Gasteiger partial charge on any atom is -0.496 e. The van der Waals surface area contributed by atoms with Crippen molar-refractivity contribution >= 4 is 22.9 Å². The number of nitrogens with one attached hydrogen (secondary N) is 2. The van der Waals surface area contributed by atoms with Crippen molar-refractivity contribution in [1.82, 2.24) is 19.9 Å². The van der Waals surface area contributed by atoms with Gasteiger partial charge in [-0.3, -0.25) is 0 Å². The standard InChI is InChI=1S/C22H29N5O2/c1-5-7-12-20-25-18-13-17(26-22(28)23-6-2)15(3)24-21(18)27(20)14-16-10-8-9-11-19(16)29-4/h8-11,13H,5-7,12,14H2,1-4H3,(H2,23,26,28). The number of methoxy groups -OCH3 is 1. The van der Waals surface area contributed by atoms with Crippen molar-refractivity contribution in [3.8, 4) is 5.75 Å². The third-order valence-electron chi connectivity index (χ3n) is 4.85. The van der Waals surface area contributed by atoms with Crippen LogP contribution in [0.2, 0.25) is 0 Å². The number of aryl methyl sites for hydroxylation is 2. The fraction of sp³-hybridized carbons (Fsp3) is 0.409. The summed E-state index contributed by atoms with van der Waals surface area (Å²) >= 11 is 0. The van der Waals surface area contributed by atoms with Crippen molar-refractivity contribution in [2.75, 3.05) is 19.0 Å². The molecule has 29 heavy (non-hydrogen) atoms. The molecule has 7 heteroatoms. The Hall–Kier alpha value is -3.09. The van der Waals surface area contributed by atoms with Crippen LogP contribution in [-0.4, -0.2) is 34.2 Å². The maximum atomic E-state index is 11.9. The van der Waals surface area contributed by atoms with Crippen LogP contribution in [0.15, 0.2) is 30.3 Å². The van der Waals surface area contributed by atoms with Gasteiger partial charge in [-0.15, -0.1) is 0 Å². The summed E-state index contributed by atoms with van der Waals surface area (Å²) in [6.45, 7) is 7.15. The third kappa shape index (κ3) is 4.67. The number of benzene rings is 1. The molecule has 0 saturated heterocycles. The normalized spacial score (nSPS) is 10.9. The highest BCUT2D eigenvalue weighted by Gasteiger charge is 2.16. The summed E-state index contributed by atoms with van der Waals surface area (Å²) in [6, 6.07) is 9.67. The summed E-state index contributed by atoms with van der Waals surface area (Å²) in [5.74, 6) is 1.84. The largest absolute Gasteiger partial charge is 0.496 e. The van der Waals surface area contributed by atoms with Gasteiger partial charge in [0.15, 0.2) is 5.65 Å². The van der Waals surface area contributed by atoms with E-state index in [4.69, 9.17) is 14.7 Å². The molecule has 3 aromatic rings. The molecule has 0 atom stereocenters. The molecule has 2 heterocycles. The second-order valence-electron chi connectivity index (χ2n) is 6.98. The number of anilines is 1. The first-order chi connectivity index (χ1) is 14.1. The average Bonchev–Trinajstić information content (AvgIpc) is 3.03. The Morgan fingerprint density at radius 2 is 2.00 bits per heavy atom. The molecule has 0 unspecified atom stereocenters. The maximum absolute atomic E-state index is 11.9. The first-order valence-corrected chi connectivity index (χ1v) is 10.1. The Labute approximate surface area is 171 Å². The monoisotopic (exact) mass is 395 g/mol. The van der Waals surface area contributed by atoms with Gasteiger partial charge in [-0.1, -0.05) is 31.5 Å². The quantitative estimate of drug-likeness (QED) is 0.596. The topological polar surface area (TPSA) is 81.1 Å². The van der Waals surface area contributed by atoms with Gasteiger partial charge in [0.25, 0.3) is 0 Å². The number of amides is 2. The minimum absolute atomic E-state index is 0.239. The lowest BCUT2D eigenvalue weighted by molar-refractivity contribution is 0.252. The second-order valence-corrected chi connectivity index (χ2v) is 6.98. The Morgan fingerprint density at radius 1 is 1.21 bits per heavy atom. The van der Waals surface area contributed by atoms with Gasteiger partial charge in [0.1, 0.15) is 17.1 Å². The number of ether oxygens (including phenoxy) is 1. The van der Waals surface area contributed by atoms with E-state index in [0.29, 0.717) is 18.8 Å². The highest BCUT2D eigenvalue weighted by molar-refractivity contribution is 5.92. The van der Waals surface area contributed by atoms with E-state index in [1.165, 1.54) is 0 Å². The molecule has 0 spiro atoms. The number of nitrogens with zero attached hydrogens (tertiary/aromatic N) is 3. The van der Waals surface area contributed by atoms with Gasteiger partial charge in [0.05, 0.1) is 25.0 Å². The van der Waals surface area contributed by atoms with Gasteiger partial charge in [-0.25, -0.2) is 14.8 Å². The lowest BCUT2D eigenvalue weighted by Gasteiger charge is -2.13. The van der Waals surface area contributed by atoms with Gasteiger partial charge < -0.3 is 19.9 Å². The van der Waals surface area contributed by atoms with E-state index >= 15 is 0 Å². The Morgan fingerprint density at radius 3 is 2.72 bits per heavy atom. The lowest BCUT2D eigenvalue weighted by atomic mass is 10.2. The van der Waals surface area contributed by atoms with Crippen LogP contribution in [0.1, 0.15) is 43.8 Å². The van der Waals surface area contributed by atoms with E-state index < -0.39 is 0 Å². The summed E-state index contributed by atoms with van der Waals surface area (Å²) in [7, 11) is 1.69. The molecule has 2 aromatic heterocycles. The van der Waals surface area contributed by atoms with Crippen molar-refractivity contribution in [2.45, 2.75) is 46.6 Å². The number of hydrogen-bond donors (Lipinski definition) is 2. The second kappa shape index (κ2) is 9.41. The molecule has 0 radical (unpaired) electrons. The number of carbonyl (C=O) groups excluding carboxylic acids is 1. The van der Waals surface area contributed by atoms with E-state index in [9.17, 15) is 4.79 Å². The first-order valence-electron chi connectivity index (χ1n) is 10.1. The van der Waals surface area contributed by atoms with Crippen LogP contribution >= 0.6 is 0 Å². The zero-order valence-electron chi connectivity index (χ0n) is 17.6. The Bertz CT molecular complexity index is 996. The van der Waals surface area contributed by atoms with E-state index in [1.54, 1.807) is 7.11 Å². The molecule has 0 aliphatic heterocycles. The van der Waals surface area contributed by atoms with Gasteiger partial charge in [0, 0.05) is 18.5 Å². The highest BCUT2D eigenvalue weighted by atomic mass is 16.5. The van der Waals surface area contributed by atoms with Crippen molar-refractivity contribution in [1.29, 1.82) is 0 Å². The summed E-state index contributed by atoms with van der Waals surface area (Å²) in [6.07, 6.45) is 3.02. The first kappa shape index (κ1) is 20.6. The molecule has 0 fully saturated rings. The Balaban J connectivity index is 2.04. The number of imidazole rings is 1. The zero-order valence-corrected chi connectivity index (χ0v) is 17.6. The molecule has 0 aliphatic carbocycles. The number of rotatable bonds is 8. The van der Waals surface area contributed by atoms with Crippen LogP contribution in [0.5, 0.6) is 5.75 Å². The van der Waals surface area contributed by atoms with Crippen molar-refractivity contribution < 1.29 is 9.53 Å². The predicted molar refractivity (Wildman–Crippen MR) is 116 cm³/mol. The molecule has 154 valence electrons. The van der Waals surface area contributed by atoms with Crippen LogP contribution in [0.25, 0.3) is 11.2 Å². The molecule has 3 rings (SSSR count). The molecule has 0 aliphatic rings. The number of fused-ring (bicyclic) bond motifs is 1. The number of urea groups is 1. The van der Waals surface area contributed by atoms with Gasteiger partial charge in [0.2, 0.25) is 0 Å². The molecule has 7 nitrogen and oxygen atoms in total. The molecule has 1 aromatic carbocycles.